The maximum absolute atomic E-state index is 12.1. The van der Waals surface area contributed by atoms with Crippen LogP contribution in [-0.4, -0.2) is 28.2 Å². The van der Waals surface area contributed by atoms with Gasteiger partial charge in [-0.3, -0.25) is 20.4 Å². The lowest BCUT2D eigenvalue weighted by Crippen LogP contribution is -2.43. The molecule has 0 aliphatic carbocycles. The average Bonchev–Trinajstić information content (AvgIpc) is 3.15. The Morgan fingerprint density at radius 2 is 1.74 bits per heavy atom. The van der Waals surface area contributed by atoms with Crippen molar-refractivity contribution in [3.8, 4) is 11.4 Å². The van der Waals surface area contributed by atoms with Crippen molar-refractivity contribution >= 4 is 11.8 Å². The van der Waals surface area contributed by atoms with Gasteiger partial charge in [0.2, 0.25) is 0 Å². The van der Waals surface area contributed by atoms with Crippen molar-refractivity contribution in [1.82, 2.24) is 20.6 Å². The topological polar surface area (TPSA) is 85.2 Å². The molecule has 0 bridgehead atoms. The number of aryl methyl sites for hydroxylation is 2. The van der Waals surface area contributed by atoms with Crippen LogP contribution in [0.15, 0.2) is 60.9 Å². The highest BCUT2D eigenvalue weighted by Crippen LogP contribution is 2.15. The molecule has 0 aliphatic heterocycles. The monoisotopic (exact) mass is 364 g/mol. The normalized spacial score (nSPS) is 10.3. The van der Waals surface area contributed by atoms with E-state index in [2.05, 4.69) is 16.0 Å². The first-order chi connectivity index (χ1) is 13.0. The second-order valence-corrected chi connectivity index (χ2v) is 6.12. The Morgan fingerprint density at radius 1 is 1.04 bits per heavy atom. The fourth-order valence-corrected chi connectivity index (χ4v) is 2.56. The van der Waals surface area contributed by atoms with E-state index >= 15 is 0 Å². The molecule has 7 nitrogen and oxygen atoms in total. The fourth-order valence-electron chi connectivity index (χ4n) is 2.56. The van der Waals surface area contributed by atoms with Crippen molar-refractivity contribution in [2.45, 2.75) is 13.8 Å². The van der Waals surface area contributed by atoms with Gasteiger partial charge >= 0.3 is 0 Å². The Kier molecular flexibility index (Phi) is 5.51. The maximum Gasteiger partial charge on any atom is 0.276 e. The van der Waals surface area contributed by atoms with Crippen LogP contribution in [0.5, 0.6) is 5.75 Å². The van der Waals surface area contributed by atoms with Gasteiger partial charge in [0.05, 0.1) is 17.4 Å². The molecule has 2 amide bonds. The van der Waals surface area contributed by atoms with E-state index in [1.54, 1.807) is 10.9 Å². The molecule has 0 radical (unpaired) electrons. The number of amides is 2. The molecule has 138 valence electrons. The van der Waals surface area contributed by atoms with Crippen molar-refractivity contribution in [3.05, 3.63) is 77.6 Å². The summed E-state index contributed by atoms with van der Waals surface area (Å²) in [5.41, 5.74) is 7.94. The molecule has 0 aliphatic rings. The minimum absolute atomic E-state index is 0.202. The summed E-state index contributed by atoms with van der Waals surface area (Å²) < 4.78 is 7.03. The van der Waals surface area contributed by atoms with Gasteiger partial charge < -0.3 is 4.74 Å². The highest BCUT2D eigenvalue weighted by Gasteiger charge is 2.11. The van der Waals surface area contributed by atoms with Gasteiger partial charge in [0, 0.05) is 6.20 Å². The Hall–Kier alpha value is -3.61. The molecule has 0 fully saturated rings. The predicted octanol–water partition coefficient (Wildman–Crippen LogP) is 2.33. The molecule has 1 aromatic heterocycles. The number of hydrazine groups is 1. The number of aromatic nitrogens is 2. The van der Waals surface area contributed by atoms with Crippen molar-refractivity contribution in [2.75, 3.05) is 6.61 Å². The third-order valence-electron chi connectivity index (χ3n) is 3.75. The van der Waals surface area contributed by atoms with Gasteiger partial charge in [0.1, 0.15) is 5.75 Å². The zero-order chi connectivity index (χ0) is 19.2. The van der Waals surface area contributed by atoms with Gasteiger partial charge in [-0.25, -0.2) is 4.68 Å². The van der Waals surface area contributed by atoms with Crippen molar-refractivity contribution < 1.29 is 14.3 Å². The minimum atomic E-state index is -0.461. The number of nitrogens with zero attached hydrogens (tertiary/aromatic N) is 2. The van der Waals surface area contributed by atoms with Crippen LogP contribution < -0.4 is 15.6 Å². The lowest BCUT2D eigenvalue weighted by Gasteiger charge is -2.09. The number of nitrogens with one attached hydrogen (secondary N) is 2. The first-order valence-corrected chi connectivity index (χ1v) is 8.41. The summed E-state index contributed by atoms with van der Waals surface area (Å²) >= 11 is 0. The number of hydrogen-bond donors (Lipinski definition) is 2. The van der Waals surface area contributed by atoms with Crippen LogP contribution in [0.3, 0.4) is 0 Å². The highest BCUT2D eigenvalue weighted by molar-refractivity contribution is 5.95. The molecule has 27 heavy (non-hydrogen) atoms. The van der Waals surface area contributed by atoms with E-state index in [4.69, 9.17) is 4.74 Å². The van der Waals surface area contributed by atoms with Crippen LogP contribution >= 0.6 is 0 Å². The van der Waals surface area contributed by atoms with Crippen LogP contribution in [-0.2, 0) is 4.79 Å². The van der Waals surface area contributed by atoms with Crippen LogP contribution in [0.25, 0.3) is 5.69 Å². The van der Waals surface area contributed by atoms with Crippen LogP contribution in [0.1, 0.15) is 21.5 Å². The molecule has 3 aromatic rings. The van der Waals surface area contributed by atoms with E-state index in [9.17, 15) is 9.59 Å². The number of hydrogen-bond acceptors (Lipinski definition) is 4. The molecule has 0 saturated carbocycles. The maximum atomic E-state index is 12.1. The summed E-state index contributed by atoms with van der Waals surface area (Å²) in [6, 6.07) is 15.1. The summed E-state index contributed by atoms with van der Waals surface area (Å²) in [6.07, 6.45) is 3.02. The van der Waals surface area contributed by atoms with Crippen LogP contribution in [0.4, 0.5) is 0 Å². The first-order valence-electron chi connectivity index (χ1n) is 8.41. The average molecular weight is 364 g/mol. The fraction of sp³-hybridized carbons (Fsp3) is 0.150. The molecule has 7 heteroatoms. The molecule has 0 unspecified atom stereocenters. The number of carbonyl (C=O) groups excluding carboxylic acids is 2. The molecule has 0 saturated heterocycles. The third-order valence-corrected chi connectivity index (χ3v) is 3.75. The second-order valence-electron chi connectivity index (χ2n) is 6.12. The quantitative estimate of drug-likeness (QED) is 0.681. The van der Waals surface area contributed by atoms with Crippen molar-refractivity contribution in [3.63, 3.8) is 0 Å². The molecule has 2 N–H and O–H groups in total. The summed E-state index contributed by atoms with van der Waals surface area (Å²) in [5.74, 6) is -0.312. The van der Waals surface area contributed by atoms with E-state index in [0.717, 1.165) is 16.8 Å². The van der Waals surface area contributed by atoms with E-state index in [1.165, 1.54) is 6.20 Å². The van der Waals surface area contributed by atoms with Crippen LogP contribution in [0.2, 0.25) is 0 Å². The lowest BCUT2D eigenvalue weighted by molar-refractivity contribution is -0.123. The third kappa shape index (κ3) is 4.94. The van der Waals surface area contributed by atoms with Gasteiger partial charge in [-0.2, -0.15) is 5.10 Å². The van der Waals surface area contributed by atoms with E-state index in [1.807, 2.05) is 62.4 Å². The Bertz CT molecular complexity index is 931. The standard InChI is InChI=1S/C20H20N4O3/c1-14-8-15(2)10-18(9-14)27-13-19(25)22-23-20(26)16-11-21-24(12-16)17-6-4-3-5-7-17/h3-12H,13H2,1-2H3,(H,22,25)(H,23,26). The molecule has 2 aromatic carbocycles. The summed E-state index contributed by atoms with van der Waals surface area (Å²) in [5, 5.41) is 4.15. The Balaban J connectivity index is 1.50. The summed E-state index contributed by atoms with van der Waals surface area (Å²) in [7, 11) is 0. The highest BCUT2D eigenvalue weighted by atomic mass is 16.5. The molecule has 0 atom stereocenters. The smallest absolute Gasteiger partial charge is 0.276 e. The first kappa shape index (κ1) is 18.2. The van der Waals surface area contributed by atoms with Crippen molar-refractivity contribution in [1.29, 1.82) is 0 Å². The van der Waals surface area contributed by atoms with E-state index < -0.39 is 11.8 Å². The number of benzene rings is 2. The largest absolute Gasteiger partial charge is 0.484 e. The second kappa shape index (κ2) is 8.18. The zero-order valence-corrected chi connectivity index (χ0v) is 15.1. The van der Waals surface area contributed by atoms with Crippen LogP contribution in [0, 0.1) is 13.8 Å². The Morgan fingerprint density at radius 3 is 2.44 bits per heavy atom. The van der Waals surface area contributed by atoms with E-state index in [0.29, 0.717) is 11.3 Å². The Labute approximate surface area is 156 Å². The van der Waals surface area contributed by atoms with E-state index in [-0.39, 0.29) is 6.61 Å². The predicted molar refractivity (Wildman–Crippen MR) is 101 cm³/mol. The molecule has 3 rings (SSSR count). The molecular formula is C20H20N4O3. The molecule has 0 spiro atoms. The SMILES string of the molecule is Cc1cc(C)cc(OCC(=O)NNC(=O)c2cnn(-c3ccccc3)c2)c1. The summed E-state index contributed by atoms with van der Waals surface area (Å²) in [6.45, 7) is 3.71. The van der Waals surface area contributed by atoms with Crippen molar-refractivity contribution in [2.24, 2.45) is 0 Å². The van der Waals surface area contributed by atoms with Gasteiger partial charge in [0.15, 0.2) is 6.61 Å². The molecule has 1 heterocycles. The number of rotatable bonds is 5. The van der Waals surface area contributed by atoms with Gasteiger partial charge in [-0.05, 0) is 49.2 Å². The van der Waals surface area contributed by atoms with Gasteiger partial charge in [0.25, 0.3) is 11.8 Å². The number of carbonyl (C=O) groups is 2. The minimum Gasteiger partial charge on any atom is -0.484 e. The number of ether oxygens (including phenoxy) is 1. The summed E-state index contributed by atoms with van der Waals surface area (Å²) in [4.78, 5) is 24.0. The number of para-hydroxylation sites is 1. The zero-order valence-electron chi connectivity index (χ0n) is 15.1. The van der Waals surface area contributed by atoms with Gasteiger partial charge in [-0.15, -0.1) is 0 Å². The van der Waals surface area contributed by atoms with Gasteiger partial charge in [-0.1, -0.05) is 24.3 Å². The molecular weight excluding hydrogens is 344 g/mol. The lowest BCUT2D eigenvalue weighted by atomic mass is 10.1.